The van der Waals surface area contributed by atoms with Gasteiger partial charge in [-0.05, 0) is 37.3 Å². The van der Waals surface area contributed by atoms with Gasteiger partial charge in [-0.3, -0.25) is 4.98 Å². The molecule has 134 valence electrons. The first kappa shape index (κ1) is 16.5. The van der Waals surface area contributed by atoms with Crippen LogP contribution in [0.15, 0.2) is 70.4 Å². The predicted molar refractivity (Wildman–Crippen MR) is 111 cm³/mol. The number of rotatable bonds is 2. The van der Waals surface area contributed by atoms with E-state index in [4.69, 9.17) is 0 Å². The monoisotopic (exact) mass is 439 g/mol. The summed E-state index contributed by atoms with van der Waals surface area (Å²) in [6, 6.07) is 12.8. The molecule has 0 fully saturated rings. The number of benzene rings is 2. The molecular weight excluding hydrogens is 426 g/mol. The summed E-state index contributed by atoms with van der Waals surface area (Å²) < 4.78 is 28.2. The van der Waals surface area contributed by atoms with E-state index in [0.717, 1.165) is 37.2 Å². The van der Waals surface area contributed by atoms with Gasteiger partial charge in [0, 0.05) is 44.7 Å². The van der Waals surface area contributed by atoms with Gasteiger partial charge in [-0.15, -0.1) is 0 Å². The highest BCUT2D eigenvalue weighted by Gasteiger charge is 2.19. The fraction of sp³-hybridized carbons (Fsp3) is 0.0500. The summed E-state index contributed by atoms with van der Waals surface area (Å²) in [5, 5.41) is 2.78. The Labute approximate surface area is 163 Å². The Hall–Kier alpha value is -2.64. The summed E-state index contributed by atoms with van der Waals surface area (Å²) in [4.78, 5) is 8.13. The van der Waals surface area contributed by atoms with E-state index in [9.17, 15) is 8.42 Å². The predicted octanol–water partition coefficient (Wildman–Crippen LogP) is 4.98. The van der Waals surface area contributed by atoms with Gasteiger partial charge in [-0.1, -0.05) is 33.6 Å². The number of fused-ring (bicyclic) bond motifs is 5. The number of aromatic nitrogens is 3. The molecule has 7 heteroatoms. The number of halogens is 1. The molecule has 3 aromatic heterocycles. The average molecular weight is 440 g/mol. The van der Waals surface area contributed by atoms with Gasteiger partial charge >= 0.3 is 0 Å². The molecule has 0 radical (unpaired) electrons. The van der Waals surface area contributed by atoms with Gasteiger partial charge in [0.2, 0.25) is 0 Å². The van der Waals surface area contributed by atoms with Crippen molar-refractivity contribution in [3.63, 3.8) is 0 Å². The van der Waals surface area contributed by atoms with Crippen LogP contribution in [0.3, 0.4) is 0 Å². The minimum atomic E-state index is -3.67. The van der Waals surface area contributed by atoms with E-state index in [1.54, 1.807) is 42.9 Å². The van der Waals surface area contributed by atoms with Crippen molar-refractivity contribution < 1.29 is 8.42 Å². The number of nitrogens with zero attached hydrogens (tertiary/aromatic N) is 2. The molecule has 27 heavy (non-hydrogen) atoms. The fourth-order valence-electron chi connectivity index (χ4n) is 3.35. The molecule has 5 rings (SSSR count). The van der Waals surface area contributed by atoms with E-state index in [1.807, 2.05) is 25.1 Å². The number of aromatic amines is 1. The van der Waals surface area contributed by atoms with Crippen molar-refractivity contribution in [3.8, 4) is 0 Å². The average Bonchev–Trinajstić information content (AvgIpc) is 3.23. The summed E-state index contributed by atoms with van der Waals surface area (Å²) in [6.45, 7) is 1.93. The molecule has 0 unspecified atom stereocenters. The highest BCUT2D eigenvalue weighted by atomic mass is 79.9. The van der Waals surface area contributed by atoms with Gasteiger partial charge < -0.3 is 4.98 Å². The van der Waals surface area contributed by atoms with Crippen LogP contribution in [-0.4, -0.2) is 22.4 Å². The number of hydrogen-bond acceptors (Lipinski definition) is 3. The summed E-state index contributed by atoms with van der Waals surface area (Å²) in [5.74, 6) is 0. The minimum Gasteiger partial charge on any atom is -0.354 e. The lowest BCUT2D eigenvalue weighted by atomic mass is 10.2. The first-order valence-corrected chi connectivity index (χ1v) is 10.6. The Balaban J connectivity index is 1.77. The molecule has 0 spiro atoms. The number of hydrogen-bond donors (Lipinski definition) is 1. The maximum Gasteiger partial charge on any atom is 0.267 e. The summed E-state index contributed by atoms with van der Waals surface area (Å²) in [7, 11) is -3.67. The Bertz CT molecular complexity index is 1450. The molecule has 0 atom stereocenters. The molecule has 1 N–H and O–H groups in total. The number of aryl methyl sites for hydroxylation is 1. The number of pyridine rings is 1. The zero-order chi connectivity index (χ0) is 18.8. The quantitative estimate of drug-likeness (QED) is 0.421. The van der Waals surface area contributed by atoms with E-state index in [2.05, 4.69) is 25.9 Å². The molecule has 0 saturated heterocycles. The van der Waals surface area contributed by atoms with Crippen LogP contribution in [0.4, 0.5) is 0 Å². The number of H-pyrrole nitrogens is 1. The number of nitrogens with one attached hydrogen (secondary N) is 1. The van der Waals surface area contributed by atoms with Crippen LogP contribution in [-0.2, 0) is 10.0 Å². The normalized spacial score (nSPS) is 12.4. The van der Waals surface area contributed by atoms with Crippen molar-refractivity contribution in [2.24, 2.45) is 0 Å². The summed E-state index contributed by atoms with van der Waals surface area (Å²) in [6.07, 6.45) is 4.97. The van der Waals surface area contributed by atoms with Crippen molar-refractivity contribution in [1.29, 1.82) is 0 Å². The Morgan fingerprint density at radius 1 is 1.00 bits per heavy atom. The van der Waals surface area contributed by atoms with E-state index in [0.29, 0.717) is 5.52 Å². The highest BCUT2D eigenvalue weighted by molar-refractivity contribution is 9.10. The first-order chi connectivity index (χ1) is 12.9. The minimum absolute atomic E-state index is 0.255. The van der Waals surface area contributed by atoms with Gasteiger partial charge in [0.15, 0.2) is 0 Å². The van der Waals surface area contributed by atoms with Crippen LogP contribution >= 0.6 is 15.9 Å². The molecule has 0 aliphatic heterocycles. The molecule has 0 aliphatic rings. The van der Waals surface area contributed by atoms with Crippen LogP contribution in [0.2, 0.25) is 0 Å². The lowest BCUT2D eigenvalue weighted by Crippen LogP contribution is -2.10. The maximum absolute atomic E-state index is 13.0. The van der Waals surface area contributed by atoms with Crippen molar-refractivity contribution in [1.82, 2.24) is 13.9 Å². The Kier molecular flexibility index (Phi) is 3.47. The van der Waals surface area contributed by atoms with Gasteiger partial charge in [-0.2, -0.15) is 0 Å². The third-order valence-corrected chi connectivity index (χ3v) is 6.91. The summed E-state index contributed by atoms with van der Waals surface area (Å²) in [5.41, 5.74) is 3.51. The summed E-state index contributed by atoms with van der Waals surface area (Å²) >= 11 is 3.50. The van der Waals surface area contributed by atoms with Crippen LogP contribution in [0.1, 0.15) is 5.56 Å². The van der Waals surface area contributed by atoms with Gasteiger partial charge in [0.25, 0.3) is 10.0 Å². The molecular formula is C20H14BrN3O2S. The van der Waals surface area contributed by atoms with E-state index >= 15 is 0 Å². The molecule has 3 heterocycles. The zero-order valence-corrected chi connectivity index (χ0v) is 16.7. The van der Waals surface area contributed by atoms with Crippen molar-refractivity contribution in [2.45, 2.75) is 11.8 Å². The lowest BCUT2D eigenvalue weighted by Gasteiger charge is -2.05. The fourth-order valence-corrected chi connectivity index (χ4v) is 4.92. The van der Waals surface area contributed by atoms with Gasteiger partial charge in [0.05, 0.1) is 15.9 Å². The van der Waals surface area contributed by atoms with Crippen molar-refractivity contribution in [2.75, 3.05) is 0 Å². The standard InChI is InChI=1S/C20H14BrN3O2S/c1-12-2-5-14(6-3-12)27(25,26)24-10-17-19(11-24)22-9-16-15-8-13(21)4-7-18(15)23-20(16)17/h2-11,23H,1H3. The van der Waals surface area contributed by atoms with Gasteiger partial charge in [-0.25, -0.2) is 12.4 Å². The molecule has 0 bridgehead atoms. The topological polar surface area (TPSA) is 67.8 Å². The first-order valence-electron chi connectivity index (χ1n) is 8.33. The van der Waals surface area contributed by atoms with Crippen molar-refractivity contribution >= 4 is 58.7 Å². The van der Waals surface area contributed by atoms with Gasteiger partial charge in [0.1, 0.15) is 0 Å². The Morgan fingerprint density at radius 2 is 1.78 bits per heavy atom. The van der Waals surface area contributed by atoms with E-state index in [-0.39, 0.29) is 4.90 Å². The Morgan fingerprint density at radius 3 is 2.56 bits per heavy atom. The molecule has 2 aromatic carbocycles. The van der Waals surface area contributed by atoms with Crippen LogP contribution < -0.4 is 0 Å². The molecule has 5 aromatic rings. The third kappa shape index (κ3) is 2.49. The molecule has 5 nitrogen and oxygen atoms in total. The maximum atomic E-state index is 13.0. The van der Waals surface area contributed by atoms with E-state index in [1.165, 1.54) is 3.97 Å². The van der Waals surface area contributed by atoms with Crippen LogP contribution in [0, 0.1) is 6.92 Å². The highest BCUT2D eigenvalue weighted by Crippen LogP contribution is 2.32. The van der Waals surface area contributed by atoms with Crippen LogP contribution in [0.5, 0.6) is 0 Å². The second kappa shape index (κ2) is 5.68. The molecule has 0 amide bonds. The smallest absolute Gasteiger partial charge is 0.267 e. The third-order valence-electron chi connectivity index (χ3n) is 4.78. The van der Waals surface area contributed by atoms with Crippen LogP contribution in [0.25, 0.3) is 32.7 Å². The second-order valence-electron chi connectivity index (χ2n) is 6.57. The second-order valence-corrected chi connectivity index (χ2v) is 9.33. The largest absolute Gasteiger partial charge is 0.354 e. The van der Waals surface area contributed by atoms with Crippen molar-refractivity contribution in [3.05, 3.63) is 71.1 Å². The van der Waals surface area contributed by atoms with E-state index < -0.39 is 10.0 Å². The molecule has 0 saturated carbocycles. The zero-order valence-electron chi connectivity index (χ0n) is 14.3. The lowest BCUT2D eigenvalue weighted by molar-refractivity contribution is 0.587. The SMILES string of the molecule is Cc1ccc(S(=O)(=O)n2cc3ncc4c5cc(Br)ccc5[nH]c4c3c2)cc1. The molecule has 0 aliphatic carbocycles.